The number of hydrogen-bond acceptors (Lipinski definition) is 5. The SMILES string of the molecule is CC(C)Cc1cc(Cl)cc(NC(=O)NS(=O)(=O)N(c2cnn(C)c2)C2CCOCC2)c1.[Na]. The molecule has 0 bridgehead atoms. The van der Waals surface area contributed by atoms with E-state index in [0.29, 0.717) is 48.4 Å². The Morgan fingerprint density at radius 2 is 2.00 bits per heavy atom. The molecule has 2 aromatic rings. The third-order valence-electron chi connectivity index (χ3n) is 4.81. The van der Waals surface area contributed by atoms with Gasteiger partial charge in [-0.3, -0.25) is 4.68 Å². The van der Waals surface area contributed by atoms with Gasteiger partial charge in [0.1, 0.15) is 0 Å². The first kappa shape index (κ1) is 26.9. The molecule has 9 nitrogen and oxygen atoms in total. The zero-order valence-corrected chi connectivity index (χ0v) is 22.4. The Balaban J connectivity index is 0.00000363. The molecule has 1 aliphatic heterocycles. The number of rotatable bonds is 7. The van der Waals surface area contributed by atoms with E-state index in [1.54, 1.807) is 25.4 Å². The fourth-order valence-electron chi connectivity index (χ4n) is 3.62. The standard InChI is InChI=1S/C20H28ClN5O4S.Na/c1-14(2)8-15-9-16(21)11-17(10-15)23-20(27)24-31(28,29)26(18-4-6-30-7-5-18)19-12-22-25(3)13-19;/h9-14,18H,4-8H2,1-3H3,(H2,23,24,27);. The molecule has 0 atom stereocenters. The number of halogens is 1. The molecule has 0 spiro atoms. The van der Waals surface area contributed by atoms with E-state index in [1.807, 2.05) is 6.07 Å². The Hall–Kier alpha value is -1.30. The minimum atomic E-state index is -4.19. The van der Waals surface area contributed by atoms with Crippen LogP contribution < -0.4 is 14.3 Å². The summed E-state index contributed by atoms with van der Waals surface area (Å²) in [6.45, 7) is 5.06. The first-order valence-electron chi connectivity index (χ1n) is 10.1. The summed E-state index contributed by atoms with van der Waals surface area (Å²) in [6.07, 6.45) is 4.88. The van der Waals surface area contributed by atoms with Crippen molar-refractivity contribution in [2.24, 2.45) is 13.0 Å². The van der Waals surface area contributed by atoms with Gasteiger partial charge in [0.05, 0.1) is 17.9 Å². The number of nitrogens with zero attached hydrogens (tertiary/aromatic N) is 3. The Morgan fingerprint density at radius 1 is 1.31 bits per heavy atom. The summed E-state index contributed by atoms with van der Waals surface area (Å²) in [5.74, 6) is 0.410. The van der Waals surface area contributed by atoms with Crippen LogP contribution in [0.1, 0.15) is 32.3 Å². The summed E-state index contributed by atoms with van der Waals surface area (Å²) in [5, 5.41) is 7.12. The molecule has 3 rings (SSSR count). The van der Waals surface area contributed by atoms with Gasteiger partial charge in [0.2, 0.25) is 0 Å². The van der Waals surface area contributed by atoms with Gasteiger partial charge in [-0.15, -0.1) is 0 Å². The zero-order valence-electron chi connectivity index (χ0n) is 18.8. The van der Waals surface area contributed by atoms with E-state index in [9.17, 15) is 13.2 Å². The van der Waals surface area contributed by atoms with Gasteiger partial charge in [-0.2, -0.15) is 13.5 Å². The van der Waals surface area contributed by atoms with Crippen molar-refractivity contribution in [1.29, 1.82) is 0 Å². The van der Waals surface area contributed by atoms with Crippen LogP contribution in [0.3, 0.4) is 0 Å². The van der Waals surface area contributed by atoms with E-state index in [4.69, 9.17) is 16.3 Å². The zero-order chi connectivity index (χ0) is 22.6. The summed E-state index contributed by atoms with van der Waals surface area (Å²) in [5.41, 5.74) is 1.77. The van der Waals surface area contributed by atoms with Gasteiger partial charge in [-0.25, -0.2) is 13.8 Å². The molecule has 1 fully saturated rings. The van der Waals surface area contributed by atoms with Crippen molar-refractivity contribution in [3.8, 4) is 0 Å². The topological polar surface area (TPSA) is 106 Å². The summed E-state index contributed by atoms with van der Waals surface area (Å²) in [7, 11) is -2.49. The Bertz CT molecular complexity index is 1020. The smallest absolute Gasteiger partial charge is 0.334 e. The van der Waals surface area contributed by atoms with Gasteiger partial charge in [-0.05, 0) is 48.9 Å². The van der Waals surface area contributed by atoms with Gasteiger partial charge in [0.15, 0.2) is 0 Å². The van der Waals surface area contributed by atoms with E-state index >= 15 is 0 Å². The van der Waals surface area contributed by atoms with E-state index < -0.39 is 16.2 Å². The van der Waals surface area contributed by atoms with E-state index in [2.05, 4.69) is 29.0 Å². The number of anilines is 2. The molecule has 171 valence electrons. The Labute approximate surface area is 216 Å². The van der Waals surface area contributed by atoms with Gasteiger partial charge in [0.25, 0.3) is 0 Å². The van der Waals surface area contributed by atoms with Crippen molar-refractivity contribution in [1.82, 2.24) is 14.5 Å². The van der Waals surface area contributed by atoms with Gasteiger partial charge >= 0.3 is 16.2 Å². The Kier molecular flexibility index (Phi) is 9.86. The van der Waals surface area contributed by atoms with Crippen LogP contribution in [-0.4, -0.2) is 73.0 Å². The number of aryl methyl sites for hydroxylation is 1. The second kappa shape index (κ2) is 11.7. The first-order valence-corrected chi connectivity index (χ1v) is 11.9. The van der Waals surface area contributed by atoms with Crippen molar-refractivity contribution >= 4 is 68.8 Å². The van der Waals surface area contributed by atoms with Crippen LogP contribution in [-0.2, 0) is 28.4 Å². The van der Waals surface area contributed by atoms with Gasteiger partial charge in [-0.1, -0.05) is 25.4 Å². The van der Waals surface area contributed by atoms with Crippen molar-refractivity contribution in [3.63, 3.8) is 0 Å². The average Bonchev–Trinajstić information content (AvgIpc) is 3.06. The average molecular weight is 493 g/mol. The maximum Gasteiger partial charge on any atom is 0.334 e. The molecule has 0 saturated carbocycles. The van der Waals surface area contributed by atoms with Gasteiger partial charge < -0.3 is 10.1 Å². The van der Waals surface area contributed by atoms with Gasteiger partial charge in [0, 0.05) is 66.7 Å². The molecular weight excluding hydrogens is 465 g/mol. The quantitative estimate of drug-likeness (QED) is 0.578. The second-order valence-electron chi connectivity index (χ2n) is 8.02. The molecule has 2 N–H and O–H groups in total. The van der Waals surface area contributed by atoms with Crippen molar-refractivity contribution < 1.29 is 17.9 Å². The maximum absolute atomic E-state index is 13.2. The molecule has 1 aliphatic rings. The van der Waals surface area contributed by atoms with E-state index in [0.717, 1.165) is 12.0 Å². The predicted molar refractivity (Wildman–Crippen MR) is 126 cm³/mol. The molecule has 32 heavy (non-hydrogen) atoms. The van der Waals surface area contributed by atoms with Crippen molar-refractivity contribution in [2.75, 3.05) is 22.8 Å². The summed E-state index contributed by atoms with van der Waals surface area (Å²) in [6, 6.07) is 3.99. The summed E-state index contributed by atoms with van der Waals surface area (Å²) < 4.78 is 36.5. The third kappa shape index (κ3) is 7.36. The number of ether oxygens (including phenoxy) is 1. The van der Waals surface area contributed by atoms with Crippen LogP contribution in [0, 0.1) is 5.92 Å². The number of urea groups is 1. The maximum atomic E-state index is 13.2. The minimum absolute atomic E-state index is 0. The normalized spacial score (nSPS) is 14.7. The van der Waals surface area contributed by atoms with Crippen molar-refractivity contribution in [3.05, 3.63) is 41.2 Å². The molecule has 1 aromatic heterocycles. The molecule has 1 aromatic carbocycles. The molecular formula is C20H28ClN5NaO4S. The molecule has 0 aliphatic carbocycles. The van der Waals surface area contributed by atoms with E-state index in [1.165, 1.54) is 15.2 Å². The molecule has 1 radical (unpaired) electrons. The summed E-state index contributed by atoms with van der Waals surface area (Å²) in [4.78, 5) is 12.6. The minimum Gasteiger partial charge on any atom is -0.381 e. The van der Waals surface area contributed by atoms with Crippen LogP contribution in [0.25, 0.3) is 0 Å². The Morgan fingerprint density at radius 3 is 2.59 bits per heavy atom. The van der Waals surface area contributed by atoms with Crippen LogP contribution in [0.2, 0.25) is 5.02 Å². The number of hydrogen-bond donors (Lipinski definition) is 2. The molecule has 0 unspecified atom stereocenters. The number of carbonyl (C=O) groups is 1. The molecule has 12 heteroatoms. The van der Waals surface area contributed by atoms with Crippen LogP contribution in [0.15, 0.2) is 30.6 Å². The monoisotopic (exact) mass is 492 g/mol. The third-order valence-corrected chi connectivity index (χ3v) is 6.50. The number of nitrogens with one attached hydrogen (secondary N) is 2. The fraction of sp³-hybridized carbons (Fsp3) is 0.500. The molecule has 1 saturated heterocycles. The van der Waals surface area contributed by atoms with Crippen LogP contribution in [0.4, 0.5) is 16.2 Å². The number of carbonyl (C=O) groups excluding carboxylic acids is 1. The van der Waals surface area contributed by atoms with Crippen molar-refractivity contribution in [2.45, 2.75) is 39.2 Å². The summed E-state index contributed by atoms with van der Waals surface area (Å²) >= 11 is 6.17. The van der Waals surface area contributed by atoms with Crippen LogP contribution in [0.5, 0.6) is 0 Å². The fourth-order valence-corrected chi connectivity index (χ4v) is 5.24. The number of benzene rings is 1. The second-order valence-corrected chi connectivity index (χ2v) is 10.0. The molecule has 2 amide bonds. The first-order chi connectivity index (χ1) is 14.6. The predicted octanol–water partition coefficient (Wildman–Crippen LogP) is 2.94. The largest absolute Gasteiger partial charge is 0.381 e. The van der Waals surface area contributed by atoms with Crippen LogP contribution >= 0.6 is 11.6 Å². The van der Waals surface area contributed by atoms with E-state index in [-0.39, 0.29) is 35.6 Å². The molecule has 2 heterocycles. The number of aromatic nitrogens is 2. The number of amides is 2.